The summed E-state index contributed by atoms with van der Waals surface area (Å²) in [6, 6.07) is 20.9. The number of thioether (sulfide) groups is 1. The molecule has 0 fully saturated rings. The number of aryl methyl sites for hydroxylation is 1. The van der Waals surface area contributed by atoms with Gasteiger partial charge in [-0.2, -0.15) is 11.8 Å². The minimum atomic E-state index is -1.29. The zero-order valence-corrected chi connectivity index (χ0v) is 22.3. The Morgan fingerprint density at radius 1 is 0.816 bits per heavy atom. The van der Waals surface area contributed by atoms with E-state index in [4.69, 9.17) is 4.74 Å². The molecule has 0 bridgehead atoms. The second kappa shape index (κ2) is 16.3. The molecule has 0 atom stereocenters. The number of carbonyl (C=O) groups is 2. The van der Waals surface area contributed by atoms with Crippen LogP contribution in [-0.2, 0) is 22.7 Å². The van der Waals surface area contributed by atoms with Gasteiger partial charge in [-0.05, 0) is 66.3 Å². The molecule has 0 saturated heterocycles. The molecule has 200 valence electrons. The lowest BCUT2D eigenvalue weighted by Crippen LogP contribution is -2.22. The first kappa shape index (κ1) is 29.0. The maximum atomic E-state index is 11.0. The van der Waals surface area contributed by atoms with Crippen molar-refractivity contribution in [1.82, 2.24) is 4.98 Å². The first-order valence-electron chi connectivity index (χ1n) is 12.9. The molecular formula is C31H33NO5S-2. The predicted molar refractivity (Wildman–Crippen MR) is 147 cm³/mol. The Morgan fingerprint density at radius 3 is 2.32 bits per heavy atom. The SMILES string of the molecule is O=C([O-])/C=C/c1nc(CSCc2cccc(C(=O)[O-])c2)ccc1OCCCCCCCCc1ccccc1. The topological polar surface area (TPSA) is 102 Å². The summed E-state index contributed by atoms with van der Waals surface area (Å²) in [6.07, 6.45) is 10.3. The van der Waals surface area contributed by atoms with Gasteiger partial charge in [0.1, 0.15) is 11.4 Å². The first-order chi connectivity index (χ1) is 18.5. The Labute approximate surface area is 228 Å². The average Bonchev–Trinajstić information content (AvgIpc) is 2.92. The molecule has 0 unspecified atom stereocenters. The van der Waals surface area contributed by atoms with Crippen molar-refractivity contribution in [2.45, 2.75) is 56.5 Å². The number of aromatic carboxylic acids is 1. The van der Waals surface area contributed by atoms with Gasteiger partial charge < -0.3 is 24.5 Å². The lowest BCUT2D eigenvalue weighted by Gasteiger charge is -2.11. The molecule has 6 nitrogen and oxygen atoms in total. The molecule has 2 aromatic carbocycles. The lowest BCUT2D eigenvalue weighted by atomic mass is 10.1. The third-order valence-electron chi connectivity index (χ3n) is 5.96. The number of unbranched alkanes of at least 4 members (excludes halogenated alkanes) is 5. The molecule has 0 aliphatic carbocycles. The number of rotatable bonds is 17. The quantitative estimate of drug-likeness (QED) is 0.185. The van der Waals surface area contributed by atoms with Crippen molar-refractivity contribution in [3.8, 4) is 5.75 Å². The molecule has 3 rings (SSSR count). The van der Waals surface area contributed by atoms with Gasteiger partial charge in [0, 0.05) is 11.5 Å². The molecule has 7 heteroatoms. The molecule has 0 aliphatic rings. The van der Waals surface area contributed by atoms with Crippen molar-refractivity contribution in [3.05, 3.63) is 101 Å². The molecule has 38 heavy (non-hydrogen) atoms. The summed E-state index contributed by atoms with van der Waals surface area (Å²) in [6.45, 7) is 0.542. The molecule has 0 radical (unpaired) electrons. The van der Waals surface area contributed by atoms with E-state index in [1.165, 1.54) is 37.0 Å². The van der Waals surface area contributed by atoms with Gasteiger partial charge in [-0.25, -0.2) is 4.98 Å². The number of aromatic nitrogens is 1. The van der Waals surface area contributed by atoms with E-state index in [9.17, 15) is 19.8 Å². The Hall–Kier alpha value is -3.58. The number of aliphatic carboxylic acids is 1. The van der Waals surface area contributed by atoms with Crippen LogP contribution in [0.1, 0.15) is 71.4 Å². The highest BCUT2D eigenvalue weighted by Crippen LogP contribution is 2.23. The van der Waals surface area contributed by atoms with Gasteiger partial charge in [0.2, 0.25) is 0 Å². The van der Waals surface area contributed by atoms with Crippen LogP contribution in [0.3, 0.4) is 0 Å². The van der Waals surface area contributed by atoms with Crippen molar-refractivity contribution in [2.75, 3.05) is 6.61 Å². The fourth-order valence-electron chi connectivity index (χ4n) is 4.00. The third-order valence-corrected chi connectivity index (χ3v) is 7.00. The highest BCUT2D eigenvalue weighted by Gasteiger charge is 2.07. The van der Waals surface area contributed by atoms with Crippen LogP contribution in [-0.4, -0.2) is 23.5 Å². The highest BCUT2D eigenvalue weighted by molar-refractivity contribution is 7.97. The van der Waals surface area contributed by atoms with E-state index in [0.29, 0.717) is 29.6 Å². The molecule has 3 aromatic rings. The van der Waals surface area contributed by atoms with Crippen molar-refractivity contribution in [2.24, 2.45) is 0 Å². The van der Waals surface area contributed by atoms with E-state index < -0.39 is 11.9 Å². The van der Waals surface area contributed by atoms with Crippen molar-refractivity contribution in [3.63, 3.8) is 0 Å². The van der Waals surface area contributed by atoms with Gasteiger partial charge in [-0.15, -0.1) is 0 Å². The number of carboxylic acid groups (broad SMARTS) is 2. The van der Waals surface area contributed by atoms with Crippen LogP contribution in [0.15, 0.2) is 72.8 Å². The molecular weight excluding hydrogens is 498 g/mol. The van der Waals surface area contributed by atoms with Gasteiger partial charge in [0.15, 0.2) is 0 Å². The van der Waals surface area contributed by atoms with Crippen molar-refractivity contribution < 1.29 is 24.5 Å². The van der Waals surface area contributed by atoms with Crippen LogP contribution in [0.2, 0.25) is 0 Å². The smallest absolute Gasteiger partial charge is 0.144 e. The molecule has 0 amide bonds. The highest BCUT2D eigenvalue weighted by atomic mass is 32.2. The fourth-order valence-corrected chi connectivity index (χ4v) is 4.89. The predicted octanol–water partition coefficient (Wildman–Crippen LogP) is 4.60. The van der Waals surface area contributed by atoms with E-state index in [2.05, 4.69) is 29.2 Å². The molecule has 0 aliphatic heterocycles. The summed E-state index contributed by atoms with van der Waals surface area (Å²) in [5.74, 6) is -0.764. The number of hydrogen-bond donors (Lipinski definition) is 0. The third kappa shape index (κ3) is 10.8. The zero-order valence-electron chi connectivity index (χ0n) is 21.5. The van der Waals surface area contributed by atoms with Gasteiger partial charge >= 0.3 is 0 Å². The number of hydrogen-bond acceptors (Lipinski definition) is 7. The second-order valence-electron chi connectivity index (χ2n) is 9.02. The van der Waals surface area contributed by atoms with E-state index >= 15 is 0 Å². The summed E-state index contributed by atoms with van der Waals surface area (Å²) in [5, 5.41) is 22.0. The number of carbonyl (C=O) groups excluding carboxylic acids is 2. The van der Waals surface area contributed by atoms with Crippen LogP contribution in [0.5, 0.6) is 5.75 Å². The zero-order chi connectivity index (χ0) is 27.0. The van der Waals surface area contributed by atoms with Gasteiger partial charge in [-0.1, -0.05) is 74.2 Å². The first-order valence-corrected chi connectivity index (χ1v) is 14.1. The normalized spacial score (nSPS) is 11.1. The number of pyridine rings is 1. The second-order valence-corrected chi connectivity index (χ2v) is 10.0. The lowest BCUT2D eigenvalue weighted by molar-refractivity contribution is -0.297. The van der Waals surface area contributed by atoms with Crippen LogP contribution in [0.25, 0.3) is 6.08 Å². The van der Waals surface area contributed by atoms with E-state index in [-0.39, 0.29) is 5.56 Å². The Morgan fingerprint density at radius 2 is 1.55 bits per heavy atom. The average molecular weight is 532 g/mol. The van der Waals surface area contributed by atoms with Crippen molar-refractivity contribution in [1.29, 1.82) is 0 Å². The van der Waals surface area contributed by atoms with Gasteiger partial charge in [0.25, 0.3) is 0 Å². The maximum Gasteiger partial charge on any atom is 0.144 e. The minimum Gasteiger partial charge on any atom is -0.545 e. The Balaban J connectivity index is 1.41. The number of carboxylic acids is 2. The monoisotopic (exact) mass is 531 g/mol. The molecule has 1 heterocycles. The standard InChI is InChI=1S/C31H35NO5S/c33-30(34)19-17-28-29(37-20-9-4-2-1-3-6-11-24-12-7-5-8-13-24)18-16-27(32-28)23-38-22-25-14-10-15-26(21-25)31(35)36/h5,7-8,10,12-19,21H,1-4,6,9,11,20,22-23H2,(H,33,34)(H,35,36)/p-2/b19-17+. The number of benzene rings is 2. The molecule has 0 spiro atoms. The van der Waals surface area contributed by atoms with Crippen LogP contribution in [0.4, 0.5) is 0 Å². The molecule has 1 aromatic heterocycles. The Kier molecular flexibility index (Phi) is 12.4. The summed E-state index contributed by atoms with van der Waals surface area (Å²) >= 11 is 1.58. The van der Waals surface area contributed by atoms with Gasteiger partial charge in [-0.3, -0.25) is 0 Å². The van der Waals surface area contributed by atoms with E-state index in [1.807, 2.05) is 24.3 Å². The van der Waals surface area contributed by atoms with E-state index in [1.54, 1.807) is 23.9 Å². The molecule has 0 saturated carbocycles. The largest absolute Gasteiger partial charge is 0.545 e. The van der Waals surface area contributed by atoms with Gasteiger partial charge in [0.05, 0.1) is 24.2 Å². The Bertz CT molecular complexity index is 1200. The summed E-state index contributed by atoms with van der Waals surface area (Å²) in [7, 11) is 0. The number of ether oxygens (including phenoxy) is 1. The van der Waals surface area contributed by atoms with Crippen molar-refractivity contribution >= 4 is 29.8 Å². The fraction of sp³-hybridized carbons (Fsp3) is 0.323. The van der Waals surface area contributed by atoms with E-state index in [0.717, 1.165) is 43.0 Å². The van der Waals surface area contributed by atoms with Crippen LogP contribution < -0.4 is 14.9 Å². The molecule has 0 N–H and O–H groups in total. The minimum absolute atomic E-state index is 0.153. The summed E-state index contributed by atoms with van der Waals surface area (Å²) < 4.78 is 5.92. The summed E-state index contributed by atoms with van der Waals surface area (Å²) in [4.78, 5) is 26.6. The number of nitrogens with zero attached hydrogens (tertiary/aromatic N) is 1. The van der Waals surface area contributed by atoms with Crippen LogP contribution >= 0.6 is 11.8 Å². The van der Waals surface area contributed by atoms with Crippen LogP contribution in [0, 0.1) is 0 Å². The maximum absolute atomic E-state index is 11.0. The summed E-state index contributed by atoms with van der Waals surface area (Å²) in [5.41, 5.74) is 3.65.